The molecule has 0 aliphatic carbocycles. The molecule has 0 bridgehead atoms. The second kappa shape index (κ2) is 12.3. The minimum atomic E-state index is -4.20. The molecule has 0 fully saturated rings. The maximum Gasteiger partial charge on any atom is 0.258 e. The number of methoxy groups -OCH3 is 1. The molecule has 1 aliphatic heterocycles. The van der Waals surface area contributed by atoms with Crippen LogP contribution < -0.4 is 15.0 Å². The average Bonchev–Trinajstić information content (AvgIpc) is 3.41. The largest absolute Gasteiger partial charge is 0.497 e. The normalized spacial score (nSPS) is 12.7. The van der Waals surface area contributed by atoms with E-state index in [9.17, 15) is 22.4 Å². The number of carbonyl (C=O) groups is 2. The van der Waals surface area contributed by atoms with Crippen LogP contribution in [0.15, 0.2) is 95.9 Å². The molecule has 11 heteroatoms. The van der Waals surface area contributed by atoms with Gasteiger partial charge in [0.15, 0.2) is 0 Å². The molecular formula is C31H27ClFN3O5S. The predicted octanol–water partition coefficient (Wildman–Crippen LogP) is 5.52. The van der Waals surface area contributed by atoms with Gasteiger partial charge in [-0.2, -0.15) is 4.31 Å². The summed E-state index contributed by atoms with van der Waals surface area (Å²) in [6.07, 6.45) is 0.654. The zero-order chi connectivity index (χ0) is 29.9. The number of rotatable bonds is 9. The number of hydrogen-bond acceptors (Lipinski definition) is 5. The predicted molar refractivity (Wildman–Crippen MR) is 159 cm³/mol. The van der Waals surface area contributed by atoms with Gasteiger partial charge in [0.25, 0.3) is 5.91 Å². The Labute approximate surface area is 248 Å². The average molecular weight is 608 g/mol. The van der Waals surface area contributed by atoms with E-state index in [1.54, 1.807) is 54.5 Å². The summed E-state index contributed by atoms with van der Waals surface area (Å²) in [5.74, 6) is -0.769. The molecule has 0 spiro atoms. The lowest BCUT2D eigenvalue weighted by Gasteiger charge is -2.23. The summed E-state index contributed by atoms with van der Waals surface area (Å²) < 4.78 is 47.6. The number of benzene rings is 4. The van der Waals surface area contributed by atoms with E-state index in [1.165, 1.54) is 42.5 Å². The molecule has 5 rings (SSSR count). The third kappa shape index (κ3) is 6.30. The topological polar surface area (TPSA) is 96.0 Å². The van der Waals surface area contributed by atoms with E-state index in [0.717, 1.165) is 9.87 Å². The molecule has 42 heavy (non-hydrogen) atoms. The third-order valence-electron chi connectivity index (χ3n) is 6.92. The van der Waals surface area contributed by atoms with E-state index in [0.29, 0.717) is 40.7 Å². The molecule has 0 atom stereocenters. The van der Waals surface area contributed by atoms with Crippen LogP contribution in [0.2, 0.25) is 5.02 Å². The number of carbonyl (C=O) groups excluding carboxylic acids is 2. The highest BCUT2D eigenvalue weighted by Gasteiger charge is 2.29. The van der Waals surface area contributed by atoms with Crippen LogP contribution in [0.5, 0.6) is 5.75 Å². The summed E-state index contributed by atoms with van der Waals surface area (Å²) in [6.45, 7) is -0.461. The zero-order valence-corrected chi connectivity index (χ0v) is 24.2. The second-order valence-electron chi connectivity index (χ2n) is 9.65. The van der Waals surface area contributed by atoms with E-state index in [2.05, 4.69) is 5.32 Å². The Morgan fingerprint density at radius 3 is 2.40 bits per heavy atom. The van der Waals surface area contributed by atoms with E-state index in [4.69, 9.17) is 16.3 Å². The van der Waals surface area contributed by atoms with Crippen molar-refractivity contribution < 1.29 is 27.1 Å². The molecule has 0 aromatic heterocycles. The number of ether oxygens (including phenoxy) is 1. The lowest BCUT2D eigenvalue weighted by molar-refractivity contribution is -0.116. The number of amides is 2. The van der Waals surface area contributed by atoms with Crippen LogP contribution in [0, 0.1) is 5.82 Å². The standard InChI is InChI=1S/C31H27ClFN3O5S/c1-41-26-12-7-22(8-13-26)31(38)36-17-16-21-6-11-25(18-29(21)36)34-30(37)20-35(19-23-4-2-3-5-28(23)33)42(39,40)27-14-9-24(32)10-15-27/h2-15,18H,16-17,19-20H2,1H3,(H,34,37). The van der Waals surface area contributed by atoms with E-state index < -0.39 is 28.3 Å². The first kappa shape index (κ1) is 29.2. The van der Waals surface area contributed by atoms with Crippen molar-refractivity contribution in [3.63, 3.8) is 0 Å². The van der Waals surface area contributed by atoms with Gasteiger partial charge in [-0.15, -0.1) is 0 Å². The van der Waals surface area contributed by atoms with Gasteiger partial charge in [-0.25, -0.2) is 12.8 Å². The van der Waals surface area contributed by atoms with Gasteiger partial charge in [0, 0.05) is 40.6 Å². The molecule has 8 nitrogen and oxygen atoms in total. The van der Waals surface area contributed by atoms with E-state index >= 15 is 0 Å². The lowest BCUT2D eigenvalue weighted by atomic mass is 10.1. The molecule has 0 unspecified atom stereocenters. The SMILES string of the molecule is COc1ccc(C(=O)N2CCc3ccc(NC(=O)CN(Cc4ccccc4F)S(=O)(=O)c4ccc(Cl)cc4)cc32)cc1. The fraction of sp³-hybridized carbons (Fsp3) is 0.161. The fourth-order valence-corrected chi connectivity index (χ4v) is 6.22. The minimum absolute atomic E-state index is 0.0822. The van der Waals surface area contributed by atoms with Crippen molar-refractivity contribution in [1.82, 2.24) is 4.31 Å². The fourth-order valence-electron chi connectivity index (χ4n) is 4.72. The summed E-state index contributed by atoms with van der Waals surface area (Å²) in [6, 6.07) is 23.3. The summed E-state index contributed by atoms with van der Waals surface area (Å²) in [7, 11) is -2.65. The Balaban J connectivity index is 1.36. The first-order valence-corrected chi connectivity index (χ1v) is 14.9. The summed E-state index contributed by atoms with van der Waals surface area (Å²) in [5, 5.41) is 3.09. The maximum atomic E-state index is 14.5. The Hall–Kier alpha value is -4.25. The van der Waals surface area contributed by atoms with Gasteiger partial charge in [0.05, 0.1) is 18.6 Å². The molecule has 0 radical (unpaired) electrons. The molecule has 1 heterocycles. The molecule has 1 aliphatic rings. The maximum absolute atomic E-state index is 14.5. The number of hydrogen-bond donors (Lipinski definition) is 1. The first-order valence-electron chi connectivity index (χ1n) is 13.0. The van der Waals surface area contributed by atoms with Crippen molar-refractivity contribution in [2.75, 3.05) is 30.4 Å². The van der Waals surface area contributed by atoms with Crippen LogP contribution in [-0.2, 0) is 27.8 Å². The highest BCUT2D eigenvalue weighted by Crippen LogP contribution is 2.32. The van der Waals surface area contributed by atoms with Crippen molar-refractivity contribution in [1.29, 1.82) is 0 Å². The van der Waals surface area contributed by atoms with Crippen LogP contribution in [0.3, 0.4) is 0 Å². The number of fused-ring (bicyclic) bond motifs is 1. The van der Waals surface area contributed by atoms with Crippen LogP contribution in [0.25, 0.3) is 0 Å². The number of sulfonamides is 1. The van der Waals surface area contributed by atoms with Crippen molar-refractivity contribution in [2.45, 2.75) is 17.9 Å². The quantitative estimate of drug-likeness (QED) is 0.270. The van der Waals surface area contributed by atoms with Gasteiger partial charge in [-0.3, -0.25) is 9.59 Å². The molecule has 1 N–H and O–H groups in total. The van der Waals surface area contributed by atoms with Crippen molar-refractivity contribution in [2.24, 2.45) is 0 Å². The van der Waals surface area contributed by atoms with E-state index in [1.807, 2.05) is 6.07 Å². The van der Waals surface area contributed by atoms with Gasteiger partial charge in [-0.05, 0) is 78.7 Å². The van der Waals surface area contributed by atoms with Crippen molar-refractivity contribution >= 4 is 44.8 Å². The number of nitrogens with one attached hydrogen (secondary N) is 1. The summed E-state index contributed by atoms with van der Waals surface area (Å²) in [4.78, 5) is 28.0. The molecule has 4 aromatic rings. The molecule has 0 saturated carbocycles. The number of anilines is 2. The number of nitrogens with zero attached hydrogens (tertiary/aromatic N) is 2. The van der Waals surface area contributed by atoms with Crippen LogP contribution >= 0.6 is 11.6 Å². The van der Waals surface area contributed by atoms with Crippen molar-refractivity contribution in [3.8, 4) is 5.75 Å². The van der Waals surface area contributed by atoms with Gasteiger partial charge in [0.1, 0.15) is 11.6 Å². The monoisotopic (exact) mass is 607 g/mol. The Morgan fingerprint density at radius 2 is 1.71 bits per heavy atom. The smallest absolute Gasteiger partial charge is 0.258 e. The second-order valence-corrected chi connectivity index (χ2v) is 12.0. The molecular weight excluding hydrogens is 581 g/mol. The van der Waals surface area contributed by atoms with Crippen LogP contribution in [-0.4, -0.2) is 44.7 Å². The van der Waals surface area contributed by atoms with Gasteiger partial charge < -0.3 is 15.0 Å². The Bertz CT molecular complexity index is 1730. The van der Waals surface area contributed by atoms with Gasteiger partial charge >= 0.3 is 0 Å². The third-order valence-corrected chi connectivity index (χ3v) is 8.98. The highest BCUT2D eigenvalue weighted by molar-refractivity contribution is 7.89. The lowest BCUT2D eigenvalue weighted by Crippen LogP contribution is -2.37. The highest BCUT2D eigenvalue weighted by atomic mass is 35.5. The van der Waals surface area contributed by atoms with Crippen LogP contribution in [0.1, 0.15) is 21.5 Å². The van der Waals surface area contributed by atoms with Gasteiger partial charge in [0.2, 0.25) is 15.9 Å². The van der Waals surface area contributed by atoms with E-state index in [-0.39, 0.29) is 22.9 Å². The van der Waals surface area contributed by atoms with Crippen molar-refractivity contribution in [3.05, 3.63) is 119 Å². The Kier molecular flexibility index (Phi) is 8.58. The molecule has 216 valence electrons. The minimum Gasteiger partial charge on any atom is -0.497 e. The van der Waals surface area contributed by atoms with Crippen LogP contribution in [0.4, 0.5) is 15.8 Å². The summed E-state index contributed by atoms with van der Waals surface area (Å²) >= 11 is 5.93. The number of halogens is 2. The zero-order valence-electron chi connectivity index (χ0n) is 22.6. The Morgan fingerprint density at radius 1 is 1.00 bits per heavy atom. The van der Waals surface area contributed by atoms with Gasteiger partial charge in [-0.1, -0.05) is 35.9 Å². The molecule has 0 saturated heterocycles. The molecule has 2 amide bonds. The first-order chi connectivity index (χ1) is 20.2. The summed E-state index contributed by atoms with van der Waals surface area (Å²) in [5.41, 5.74) is 2.61. The molecule has 4 aromatic carbocycles.